The van der Waals surface area contributed by atoms with E-state index in [0.29, 0.717) is 0 Å². The topological polar surface area (TPSA) is 18.5 Å². The van der Waals surface area contributed by atoms with Crippen LogP contribution >= 0.6 is 45.2 Å². The number of hydrogen-bond donors (Lipinski definition) is 0. The molecule has 0 atom stereocenters. The van der Waals surface area contributed by atoms with Crippen LogP contribution in [0, 0.1) is 7.14 Å². The Labute approximate surface area is 151 Å². The standard InChI is InChI=1S/C15H24I2O2Si/c1-4-6-10-18-20(3,19-11-7-5-2)15-9-8-13(16)12-14(15)17/h8-9,12H,4-7,10-11H2,1-3H3. The van der Waals surface area contributed by atoms with E-state index in [1.54, 1.807) is 0 Å². The highest BCUT2D eigenvalue weighted by Gasteiger charge is 2.36. The van der Waals surface area contributed by atoms with Crippen LogP contribution in [0.4, 0.5) is 0 Å². The molecule has 5 heteroatoms. The summed E-state index contributed by atoms with van der Waals surface area (Å²) in [6, 6.07) is 6.54. The molecule has 0 N–H and O–H groups in total. The van der Waals surface area contributed by atoms with Gasteiger partial charge < -0.3 is 8.85 Å². The number of benzene rings is 1. The van der Waals surface area contributed by atoms with Crippen LogP contribution in [0.3, 0.4) is 0 Å². The van der Waals surface area contributed by atoms with E-state index >= 15 is 0 Å². The van der Waals surface area contributed by atoms with Crippen LogP contribution in [0.25, 0.3) is 0 Å². The van der Waals surface area contributed by atoms with Crippen LogP contribution in [0.1, 0.15) is 39.5 Å². The van der Waals surface area contributed by atoms with Crippen molar-refractivity contribution < 1.29 is 8.85 Å². The predicted octanol–water partition coefficient (Wildman–Crippen LogP) is 4.81. The van der Waals surface area contributed by atoms with Crippen LogP contribution in [-0.4, -0.2) is 21.8 Å². The van der Waals surface area contributed by atoms with Crippen molar-refractivity contribution in [2.45, 2.75) is 46.1 Å². The molecule has 0 saturated carbocycles. The number of rotatable bonds is 9. The largest absolute Gasteiger partial charge is 0.391 e. The smallest absolute Gasteiger partial charge is 0.370 e. The van der Waals surface area contributed by atoms with E-state index in [1.165, 1.54) is 12.3 Å². The third kappa shape index (κ3) is 5.90. The van der Waals surface area contributed by atoms with Gasteiger partial charge in [-0.2, -0.15) is 0 Å². The molecular formula is C15H24I2O2Si. The van der Waals surface area contributed by atoms with Crippen LogP contribution in [0.15, 0.2) is 18.2 Å². The molecule has 0 aliphatic rings. The lowest BCUT2D eigenvalue weighted by atomic mass is 10.4. The minimum absolute atomic E-state index is 0.799. The van der Waals surface area contributed by atoms with E-state index in [2.05, 4.69) is 83.8 Å². The van der Waals surface area contributed by atoms with Gasteiger partial charge in [-0.3, -0.25) is 0 Å². The Kier molecular flexibility index (Phi) is 9.20. The van der Waals surface area contributed by atoms with E-state index in [0.717, 1.165) is 38.9 Å². The Balaban J connectivity index is 2.89. The van der Waals surface area contributed by atoms with E-state index in [4.69, 9.17) is 8.85 Å². The van der Waals surface area contributed by atoms with Crippen LogP contribution in [0.2, 0.25) is 6.55 Å². The molecule has 1 aromatic rings. The highest BCUT2D eigenvalue weighted by Crippen LogP contribution is 2.17. The molecule has 0 radical (unpaired) electrons. The van der Waals surface area contributed by atoms with Gasteiger partial charge in [0.05, 0.1) is 0 Å². The summed E-state index contributed by atoms with van der Waals surface area (Å²) in [6.45, 7) is 8.16. The molecule has 0 heterocycles. The van der Waals surface area contributed by atoms with Gasteiger partial charge >= 0.3 is 8.56 Å². The number of unbranched alkanes of at least 4 members (excludes halogenated alkanes) is 2. The average molecular weight is 518 g/mol. The minimum Gasteiger partial charge on any atom is -0.391 e. The second kappa shape index (κ2) is 9.76. The molecule has 0 aliphatic heterocycles. The fraction of sp³-hybridized carbons (Fsp3) is 0.600. The molecule has 20 heavy (non-hydrogen) atoms. The summed E-state index contributed by atoms with van der Waals surface area (Å²) in [5.74, 6) is 0. The third-order valence-corrected chi connectivity index (χ3v) is 8.17. The van der Waals surface area contributed by atoms with Crippen molar-refractivity contribution in [1.82, 2.24) is 0 Å². The molecule has 0 aromatic heterocycles. The lowest BCUT2D eigenvalue weighted by Gasteiger charge is -2.28. The zero-order chi connectivity index (χ0) is 15.0. The van der Waals surface area contributed by atoms with E-state index in [-0.39, 0.29) is 0 Å². The monoisotopic (exact) mass is 518 g/mol. The van der Waals surface area contributed by atoms with Crippen LogP contribution < -0.4 is 5.19 Å². The van der Waals surface area contributed by atoms with Crippen molar-refractivity contribution in [3.8, 4) is 0 Å². The van der Waals surface area contributed by atoms with Crippen molar-refractivity contribution in [1.29, 1.82) is 0 Å². The maximum atomic E-state index is 6.23. The molecule has 0 unspecified atom stereocenters. The van der Waals surface area contributed by atoms with Gasteiger partial charge in [-0.05, 0) is 76.7 Å². The van der Waals surface area contributed by atoms with Crippen molar-refractivity contribution in [3.63, 3.8) is 0 Å². The molecule has 0 spiro atoms. The number of hydrogen-bond acceptors (Lipinski definition) is 2. The third-order valence-electron chi connectivity index (χ3n) is 3.17. The Morgan fingerprint density at radius 3 is 2.00 bits per heavy atom. The molecule has 114 valence electrons. The van der Waals surface area contributed by atoms with Crippen molar-refractivity contribution >= 4 is 58.9 Å². The predicted molar refractivity (Wildman–Crippen MR) is 105 cm³/mol. The molecule has 0 amide bonds. The highest BCUT2D eigenvalue weighted by atomic mass is 127. The first kappa shape index (κ1) is 18.9. The fourth-order valence-corrected chi connectivity index (χ4v) is 7.30. The Bertz CT molecular complexity index is 403. The first-order valence-corrected chi connectivity index (χ1v) is 11.7. The normalized spacial score (nSPS) is 11.8. The summed E-state index contributed by atoms with van der Waals surface area (Å²) in [5.41, 5.74) is 0. The zero-order valence-electron chi connectivity index (χ0n) is 12.5. The average Bonchev–Trinajstić information content (AvgIpc) is 2.39. The molecule has 0 bridgehead atoms. The lowest BCUT2D eigenvalue weighted by molar-refractivity contribution is 0.180. The maximum absolute atomic E-state index is 6.23. The lowest BCUT2D eigenvalue weighted by Crippen LogP contribution is -2.52. The zero-order valence-corrected chi connectivity index (χ0v) is 17.9. The SMILES string of the molecule is CCCCO[Si](C)(OCCCC)c1ccc(I)cc1I. The number of halogens is 2. The first-order valence-electron chi connectivity index (χ1n) is 7.27. The van der Waals surface area contributed by atoms with Crippen LogP contribution in [0.5, 0.6) is 0 Å². The quantitative estimate of drug-likeness (QED) is 0.266. The summed E-state index contributed by atoms with van der Waals surface area (Å²) >= 11 is 4.75. The van der Waals surface area contributed by atoms with Gasteiger partial charge in [-0.1, -0.05) is 32.8 Å². The fourth-order valence-electron chi connectivity index (χ4n) is 1.88. The minimum atomic E-state index is -2.28. The summed E-state index contributed by atoms with van der Waals surface area (Å²) in [5, 5.41) is 1.27. The van der Waals surface area contributed by atoms with Gasteiger partial charge in [-0.25, -0.2) is 0 Å². The van der Waals surface area contributed by atoms with Crippen molar-refractivity contribution in [2.24, 2.45) is 0 Å². The van der Waals surface area contributed by atoms with E-state index in [9.17, 15) is 0 Å². The van der Waals surface area contributed by atoms with Crippen LogP contribution in [-0.2, 0) is 8.85 Å². The molecule has 0 fully saturated rings. The molecule has 0 aliphatic carbocycles. The van der Waals surface area contributed by atoms with Gasteiger partial charge in [0, 0.05) is 25.5 Å². The summed E-state index contributed by atoms with van der Waals surface area (Å²) < 4.78 is 15.0. The first-order chi connectivity index (χ1) is 9.53. The van der Waals surface area contributed by atoms with Crippen molar-refractivity contribution in [3.05, 3.63) is 25.3 Å². The van der Waals surface area contributed by atoms with Gasteiger partial charge in [0.15, 0.2) is 0 Å². The Morgan fingerprint density at radius 2 is 1.55 bits per heavy atom. The summed E-state index contributed by atoms with van der Waals surface area (Å²) in [7, 11) is -2.28. The Hall–Kier alpha value is 0.817. The van der Waals surface area contributed by atoms with Gasteiger partial charge in [0.2, 0.25) is 0 Å². The van der Waals surface area contributed by atoms with E-state index in [1.807, 2.05) is 0 Å². The molecule has 1 aromatic carbocycles. The van der Waals surface area contributed by atoms with Gasteiger partial charge in [-0.15, -0.1) is 0 Å². The maximum Gasteiger partial charge on any atom is 0.370 e. The van der Waals surface area contributed by atoms with Crippen molar-refractivity contribution in [2.75, 3.05) is 13.2 Å². The van der Waals surface area contributed by atoms with Gasteiger partial charge in [0.25, 0.3) is 0 Å². The molecule has 0 saturated heterocycles. The van der Waals surface area contributed by atoms with E-state index < -0.39 is 8.56 Å². The summed E-state index contributed by atoms with van der Waals surface area (Å²) in [6.07, 6.45) is 4.51. The second-order valence-electron chi connectivity index (χ2n) is 4.97. The highest BCUT2D eigenvalue weighted by molar-refractivity contribution is 14.1. The Morgan fingerprint density at radius 1 is 1.00 bits per heavy atom. The summed E-state index contributed by atoms with van der Waals surface area (Å²) in [4.78, 5) is 0. The second-order valence-corrected chi connectivity index (χ2v) is 10.4. The molecule has 2 nitrogen and oxygen atoms in total. The molecule has 1 rings (SSSR count). The molecular weight excluding hydrogens is 494 g/mol. The van der Waals surface area contributed by atoms with Gasteiger partial charge in [0.1, 0.15) is 0 Å².